The van der Waals surface area contributed by atoms with Crippen LogP contribution in [0.1, 0.15) is 36.3 Å². The number of aromatic nitrogens is 2. The Balaban J connectivity index is 0.000000547. The smallest absolute Gasteiger partial charge is 0.206 e. The number of hydrazine groups is 1. The lowest BCUT2D eigenvalue weighted by molar-refractivity contribution is -0.109. The lowest BCUT2D eigenvalue weighted by atomic mass is 10.1. The molecule has 4 rings (SSSR count). The van der Waals surface area contributed by atoms with E-state index in [1.54, 1.807) is 37.5 Å². The molecule has 0 bridgehead atoms. The van der Waals surface area contributed by atoms with Gasteiger partial charge in [0.2, 0.25) is 6.41 Å². The number of nitrogens with one attached hydrogen (secondary N) is 1. The highest BCUT2D eigenvalue weighted by Crippen LogP contribution is 2.43. The Morgan fingerprint density at radius 1 is 1.16 bits per heavy atom. The molecule has 1 aliphatic heterocycles. The fraction of sp³-hybridized carbons (Fsp3) is 0.261. The van der Waals surface area contributed by atoms with Crippen LogP contribution in [0.15, 0.2) is 54.7 Å². The van der Waals surface area contributed by atoms with Gasteiger partial charge in [-0.3, -0.25) is 9.80 Å². The van der Waals surface area contributed by atoms with Crippen molar-refractivity contribution < 1.29 is 14.3 Å². The number of hydrogen-bond acceptors (Lipinski definition) is 6. The lowest BCUT2D eigenvalue weighted by Crippen LogP contribution is -2.31. The van der Waals surface area contributed by atoms with Crippen LogP contribution in [-0.4, -0.2) is 40.6 Å². The van der Waals surface area contributed by atoms with Gasteiger partial charge in [0.1, 0.15) is 22.9 Å². The van der Waals surface area contributed by atoms with Crippen LogP contribution in [0.3, 0.4) is 0 Å². The molecule has 1 aliphatic rings. The number of phenolic OH excluding ortho intramolecular Hbond substituents is 1. The second-order valence-corrected chi connectivity index (χ2v) is 6.93. The average molecular weight is 460 g/mol. The van der Waals surface area contributed by atoms with E-state index in [1.807, 2.05) is 43.0 Å². The van der Waals surface area contributed by atoms with Crippen LogP contribution in [0.2, 0.25) is 0 Å². The van der Waals surface area contributed by atoms with Crippen molar-refractivity contribution >= 4 is 29.5 Å². The van der Waals surface area contributed by atoms with Gasteiger partial charge in [0.05, 0.1) is 5.69 Å². The van der Waals surface area contributed by atoms with Crippen molar-refractivity contribution in [1.29, 1.82) is 0 Å². The zero-order chi connectivity index (χ0) is 23.7. The number of nitrogens with zero attached hydrogens (tertiary/aromatic N) is 4. The number of alkyl halides is 1. The summed E-state index contributed by atoms with van der Waals surface area (Å²) in [5.74, 6) is 1.25. The summed E-state index contributed by atoms with van der Waals surface area (Å²) in [7, 11) is 3.41. The van der Waals surface area contributed by atoms with Gasteiger partial charge in [-0.15, -0.1) is 0 Å². The Bertz CT molecular complexity index is 1000. The van der Waals surface area contributed by atoms with Gasteiger partial charge in [-0.25, -0.2) is 14.4 Å². The van der Waals surface area contributed by atoms with Crippen LogP contribution in [0, 0.1) is 5.82 Å². The summed E-state index contributed by atoms with van der Waals surface area (Å²) < 4.78 is 13.3. The Hall–Kier alpha value is -3.23. The van der Waals surface area contributed by atoms with E-state index in [9.17, 15) is 9.50 Å². The van der Waals surface area contributed by atoms with Gasteiger partial charge in [0.15, 0.2) is 5.82 Å². The van der Waals surface area contributed by atoms with Crippen LogP contribution < -0.4 is 10.3 Å². The maximum Gasteiger partial charge on any atom is 0.206 e. The SMILES string of the molecule is CC.CN1C(Cl)c2cnc(Cc3ccc(O)cc3)nc2N1c1ccc(F)cc1.CNC=O. The third-order valence-corrected chi connectivity index (χ3v) is 4.95. The zero-order valence-corrected chi connectivity index (χ0v) is 19.2. The number of phenols is 1. The quantitative estimate of drug-likeness (QED) is 0.339. The molecule has 0 spiro atoms. The van der Waals surface area contributed by atoms with Crippen molar-refractivity contribution in [3.8, 4) is 5.75 Å². The highest BCUT2D eigenvalue weighted by Gasteiger charge is 2.35. The van der Waals surface area contributed by atoms with E-state index in [0.29, 0.717) is 24.5 Å². The third-order valence-electron chi connectivity index (χ3n) is 4.43. The van der Waals surface area contributed by atoms with Gasteiger partial charge in [0, 0.05) is 32.3 Å². The third kappa shape index (κ3) is 5.93. The fourth-order valence-electron chi connectivity index (χ4n) is 2.98. The van der Waals surface area contributed by atoms with E-state index >= 15 is 0 Å². The van der Waals surface area contributed by atoms with Crippen molar-refractivity contribution in [2.45, 2.75) is 25.8 Å². The van der Waals surface area contributed by atoms with Crippen molar-refractivity contribution in [2.75, 3.05) is 19.1 Å². The summed E-state index contributed by atoms with van der Waals surface area (Å²) in [6, 6.07) is 13.1. The molecule has 0 radical (unpaired) electrons. The number of carbonyl (C=O) groups excluding carboxylic acids is 1. The Morgan fingerprint density at radius 3 is 2.31 bits per heavy atom. The van der Waals surface area contributed by atoms with Crippen LogP contribution in [-0.2, 0) is 11.2 Å². The summed E-state index contributed by atoms with van der Waals surface area (Å²) in [6.45, 7) is 4.00. The topological polar surface area (TPSA) is 81.6 Å². The molecule has 1 unspecified atom stereocenters. The van der Waals surface area contributed by atoms with Crippen molar-refractivity contribution in [3.05, 3.63) is 77.5 Å². The van der Waals surface area contributed by atoms with Crippen LogP contribution in [0.25, 0.3) is 0 Å². The fourth-order valence-corrected chi connectivity index (χ4v) is 3.22. The number of amides is 1. The molecule has 0 aliphatic carbocycles. The predicted octanol–water partition coefficient (Wildman–Crippen LogP) is 4.54. The number of aromatic hydroxyl groups is 1. The van der Waals surface area contributed by atoms with E-state index in [4.69, 9.17) is 16.4 Å². The number of halogens is 2. The largest absolute Gasteiger partial charge is 0.508 e. The molecule has 3 aromatic rings. The summed E-state index contributed by atoms with van der Waals surface area (Å²) in [5.41, 5.74) is 2.16. The first-order valence-corrected chi connectivity index (χ1v) is 10.6. The summed E-state index contributed by atoms with van der Waals surface area (Å²) >= 11 is 6.50. The van der Waals surface area contributed by atoms with Gasteiger partial charge in [0.25, 0.3) is 0 Å². The molecule has 170 valence electrons. The van der Waals surface area contributed by atoms with Crippen molar-refractivity contribution in [1.82, 2.24) is 20.3 Å². The monoisotopic (exact) mass is 459 g/mol. The molecule has 0 saturated heterocycles. The standard InChI is InChI=1S/C19H16ClFN4O.C2H5NO.C2H6/c1-24-18(20)16-11-22-17(10-12-2-8-15(26)9-3-12)23-19(16)25(24)14-6-4-13(21)5-7-14;1-3-2-4;1-2/h2-9,11,18,26H,10H2,1H3;2H,1H3,(H,3,4);1-2H3. The highest BCUT2D eigenvalue weighted by atomic mass is 35.5. The number of carbonyl (C=O) groups is 1. The first-order chi connectivity index (χ1) is 15.4. The summed E-state index contributed by atoms with van der Waals surface area (Å²) in [5, 5.41) is 15.3. The number of rotatable bonds is 4. The van der Waals surface area contributed by atoms with E-state index in [-0.39, 0.29) is 11.6 Å². The number of hydrogen-bond donors (Lipinski definition) is 2. The molecule has 2 N–H and O–H groups in total. The minimum atomic E-state index is -0.405. The average Bonchev–Trinajstić information content (AvgIpc) is 3.07. The van der Waals surface area contributed by atoms with Gasteiger partial charge < -0.3 is 10.4 Å². The van der Waals surface area contributed by atoms with Crippen LogP contribution in [0.4, 0.5) is 15.9 Å². The summed E-state index contributed by atoms with van der Waals surface area (Å²) in [4.78, 5) is 18.2. The van der Waals surface area contributed by atoms with Gasteiger partial charge in [-0.2, -0.15) is 5.01 Å². The Kier molecular flexibility index (Phi) is 9.37. The number of benzene rings is 2. The predicted molar refractivity (Wildman–Crippen MR) is 124 cm³/mol. The summed E-state index contributed by atoms with van der Waals surface area (Å²) in [6.07, 6.45) is 2.89. The molecule has 7 nitrogen and oxygen atoms in total. The molecule has 2 heterocycles. The Labute approximate surface area is 192 Å². The van der Waals surface area contributed by atoms with E-state index in [0.717, 1.165) is 16.8 Å². The normalized spacial score (nSPS) is 14.4. The molecular weight excluding hydrogens is 433 g/mol. The minimum absolute atomic E-state index is 0.220. The second kappa shape index (κ2) is 12.0. The second-order valence-electron chi connectivity index (χ2n) is 6.51. The molecule has 0 saturated carbocycles. The van der Waals surface area contributed by atoms with E-state index in [2.05, 4.69) is 15.3 Å². The molecule has 1 amide bonds. The van der Waals surface area contributed by atoms with Gasteiger partial charge in [-0.05, 0) is 42.0 Å². The maximum atomic E-state index is 13.3. The number of fused-ring (bicyclic) bond motifs is 1. The Morgan fingerprint density at radius 2 is 1.75 bits per heavy atom. The first kappa shape index (κ1) is 25.0. The lowest BCUT2D eigenvalue weighted by Gasteiger charge is -2.27. The van der Waals surface area contributed by atoms with Crippen LogP contribution in [0.5, 0.6) is 5.75 Å². The van der Waals surface area contributed by atoms with Crippen molar-refractivity contribution in [2.24, 2.45) is 0 Å². The molecule has 2 aromatic carbocycles. The van der Waals surface area contributed by atoms with Gasteiger partial charge in [-0.1, -0.05) is 37.6 Å². The van der Waals surface area contributed by atoms with E-state index in [1.165, 1.54) is 12.1 Å². The first-order valence-electron chi connectivity index (χ1n) is 10.1. The zero-order valence-electron chi connectivity index (χ0n) is 18.5. The molecule has 1 atom stereocenters. The van der Waals surface area contributed by atoms with Crippen LogP contribution >= 0.6 is 11.6 Å². The molecule has 0 fully saturated rings. The molecule has 32 heavy (non-hydrogen) atoms. The van der Waals surface area contributed by atoms with E-state index < -0.39 is 5.50 Å². The maximum absolute atomic E-state index is 13.3. The molecule has 9 heteroatoms. The molecular formula is C23H27ClFN5O2. The highest BCUT2D eigenvalue weighted by molar-refractivity contribution is 6.21. The number of anilines is 2. The van der Waals surface area contributed by atoms with Gasteiger partial charge >= 0.3 is 0 Å². The van der Waals surface area contributed by atoms with Crippen molar-refractivity contribution in [3.63, 3.8) is 0 Å². The molecule has 1 aromatic heterocycles. The minimum Gasteiger partial charge on any atom is -0.508 e.